The predicted molar refractivity (Wildman–Crippen MR) is 173 cm³/mol. The van der Waals surface area contributed by atoms with E-state index < -0.39 is 50.9 Å². The molecule has 2 amide bonds. The molecular formula is C28H42N2O14P2S. The second kappa shape index (κ2) is 22.4. The molecule has 19 heteroatoms. The van der Waals surface area contributed by atoms with Crippen LogP contribution in [0.25, 0.3) is 0 Å². The number of amides is 2. The van der Waals surface area contributed by atoms with Crippen LogP contribution in [0.15, 0.2) is 54.1 Å². The van der Waals surface area contributed by atoms with Gasteiger partial charge in [0.05, 0.1) is 0 Å². The smallest absolute Gasteiger partial charge is 0.408 e. The molecule has 1 aromatic rings. The van der Waals surface area contributed by atoms with E-state index >= 15 is 0 Å². The highest BCUT2D eigenvalue weighted by Crippen LogP contribution is 2.51. The van der Waals surface area contributed by atoms with Gasteiger partial charge in [-0.1, -0.05) is 48.6 Å². The van der Waals surface area contributed by atoms with E-state index in [2.05, 4.69) is 14.4 Å². The van der Waals surface area contributed by atoms with Crippen molar-refractivity contribution < 1.29 is 65.7 Å². The SMILES string of the molecule is COP(=O)(OC)C(NC(=O)OCC1=CCCCC=C1)C(=O)O.COP(=O)(OC)C(NC(=O)OCc1ccccc1)C(=O)OCCSC. The molecule has 0 fully saturated rings. The van der Waals surface area contributed by atoms with Crippen LogP contribution in [0.4, 0.5) is 9.59 Å². The Labute approximate surface area is 277 Å². The van der Waals surface area contributed by atoms with Crippen LogP contribution in [0.1, 0.15) is 24.8 Å². The summed E-state index contributed by atoms with van der Waals surface area (Å²) in [4.78, 5) is 46.9. The summed E-state index contributed by atoms with van der Waals surface area (Å²) in [6, 6.07) is 8.98. The molecule has 1 aromatic carbocycles. The Bertz CT molecular complexity index is 1300. The van der Waals surface area contributed by atoms with Crippen molar-refractivity contribution in [3.05, 3.63) is 59.7 Å². The summed E-state index contributed by atoms with van der Waals surface area (Å²) in [7, 11) is -3.64. The van der Waals surface area contributed by atoms with Gasteiger partial charge in [0.1, 0.15) is 19.8 Å². The van der Waals surface area contributed by atoms with Crippen LogP contribution in [-0.2, 0) is 57.6 Å². The summed E-state index contributed by atoms with van der Waals surface area (Å²) < 4.78 is 58.3. The Morgan fingerprint density at radius 3 is 1.94 bits per heavy atom. The van der Waals surface area contributed by atoms with Gasteiger partial charge in [0.2, 0.25) is 11.6 Å². The first-order valence-corrected chi connectivity index (χ1v) is 18.6. The van der Waals surface area contributed by atoms with E-state index in [0.717, 1.165) is 58.8 Å². The molecule has 0 bridgehead atoms. The summed E-state index contributed by atoms with van der Waals surface area (Å²) in [6.45, 7) is 0.0921. The third-order valence-corrected chi connectivity index (χ3v) is 10.6. The molecular weight excluding hydrogens is 682 g/mol. The number of carboxylic acids is 1. The quantitative estimate of drug-likeness (QED) is 0.0843. The van der Waals surface area contributed by atoms with Crippen molar-refractivity contribution in [3.63, 3.8) is 0 Å². The topological polar surface area (TPSA) is 211 Å². The third kappa shape index (κ3) is 15.1. The van der Waals surface area contributed by atoms with E-state index in [1.807, 2.05) is 35.9 Å². The number of thioether (sulfide) groups is 1. The Hall–Kier alpha value is -3.17. The zero-order valence-electron chi connectivity index (χ0n) is 26.8. The summed E-state index contributed by atoms with van der Waals surface area (Å²) in [5.41, 5.74) is 1.58. The van der Waals surface area contributed by atoms with Crippen LogP contribution < -0.4 is 10.6 Å². The van der Waals surface area contributed by atoms with E-state index in [0.29, 0.717) is 5.75 Å². The molecule has 0 radical (unpaired) electrons. The standard InChI is InChI=1S/C15H22NO7PS.C13H20NO7P/c1-20-24(19,21-2)13(14(17)22-9-10-25-3)16-15(18)23-11-12-7-5-4-6-8-12;1-19-22(18,20-2)11(12(15)16)14-13(17)21-9-10-7-5-3-4-6-8-10/h4-8,13H,9-11H2,1-3H3,(H,16,18);5,7-8,11H,3-4,6,9H2,1-2H3,(H,14,17)(H,15,16). The zero-order valence-corrected chi connectivity index (χ0v) is 29.4. The summed E-state index contributed by atoms with van der Waals surface area (Å²) in [5.74, 6) is -5.36. The number of carbonyl (C=O) groups is 4. The highest BCUT2D eigenvalue weighted by atomic mass is 32.2. The van der Waals surface area contributed by atoms with Crippen molar-refractivity contribution in [2.45, 2.75) is 37.4 Å². The van der Waals surface area contributed by atoms with Crippen molar-refractivity contribution in [1.82, 2.24) is 10.6 Å². The maximum Gasteiger partial charge on any atom is 0.408 e. The first-order chi connectivity index (χ1) is 22.4. The number of benzene rings is 1. The zero-order chi connectivity index (χ0) is 35.3. The molecule has 3 N–H and O–H groups in total. The van der Waals surface area contributed by atoms with Crippen LogP contribution in [0.3, 0.4) is 0 Å². The van der Waals surface area contributed by atoms with Gasteiger partial charge in [-0.05, 0) is 36.7 Å². The average molecular weight is 725 g/mol. The molecule has 1 aliphatic rings. The highest BCUT2D eigenvalue weighted by Gasteiger charge is 2.43. The lowest BCUT2D eigenvalue weighted by atomic mass is 10.2. The minimum Gasteiger partial charge on any atom is -0.479 e. The number of rotatable bonds is 17. The van der Waals surface area contributed by atoms with Gasteiger partial charge in [-0.3, -0.25) is 19.8 Å². The highest BCUT2D eigenvalue weighted by molar-refractivity contribution is 7.98. The molecule has 0 aromatic heterocycles. The van der Waals surface area contributed by atoms with Crippen molar-refractivity contribution in [1.29, 1.82) is 0 Å². The van der Waals surface area contributed by atoms with E-state index in [4.69, 9.17) is 28.4 Å². The summed E-state index contributed by atoms with van der Waals surface area (Å²) in [6.07, 6.45) is 8.53. The predicted octanol–water partition coefficient (Wildman–Crippen LogP) is 4.91. The van der Waals surface area contributed by atoms with E-state index in [9.17, 15) is 28.3 Å². The van der Waals surface area contributed by atoms with Crippen molar-refractivity contribution in [2.24, 2.45) is 0 Å². The maximum absolute atomic E-state index is 12.5. The molecule has 0 saturated heterocycles. The maximum atomic E-state index is 12.5. The molecule has 0 aliphatic heterocycles. The van der Waals surface area contributed by atoms with Crippen molar-refractivity contribution in [3.8, 4) is 0 Å². The van der Waals surface area contributed by atoms with Crippen molar-refractivity contribution in [2.75, 3.05) is 53.7 Å². The number of alkyl carbamates (subject to hydrolysis) is 2. The fraction of sp³-hybridized carbons (Fsp3) is 0.500. The Kier molecular flexibility index (Phi) is 20.0. The average Bonchev–Trinajstić information content (AvgIpc) is 3.36. The third-order valence-electron chi connectivity index (χ3n) is 6.04. The van der Waals surface area contributed by atoms with Crippen LogP contribution in [0, 0.1) is 0 Å². The Morgan fingerprint density at radius 2 is 1.38 bits per heavy atom. The molecule has 0 heterocycles. The first-order valence-electron chi connectivity index (χ1n) is 14.0. The van der Waals surface area contributed by atoms with Crippen LogP contribution >= 0.6 is 27.0 Å². The van der Waals surface area contributed by atoms with Gasteiger partial charge >= 0.3 is 39.3 Å². The van der Waals surface area contributed by atoms with Gasteiger partial charge in [0.15, 0.2) is 0 Å². The van der Waals surface area contributed by atoms with Gasteiger partial charge in [-0.15, -0.1) is 0 Å². The number of esters is 1. The van der Waals surface area contributed by atoms with Crippen LogP contribution in [0.5, 0.6) is 0 Å². The van der Waals surface area contributed by atoms with Crippen LogP contribution in [-0.4, -0.2) is 94.5 Å². The number of ether oxygens (including phenoxy) is 3. The van der Waals surface area contributed by atoms with Gasteiger partial charge in [0.25, 0.3) is 0 Å². The lowest BCUT2D eigenvalue weighted by molar-refractivity contribution is -0.143. The molecule has 0 saturated carbocycles. The Balaban J connectivity index is 0.000000474. The van der Waals surface area contributed by atoms with Gasteiger partial charge in [0, 0.05) is 34.2 Å². The number of hydrogen-bond acceptors (Lipinski definition) is 14. The van der Waals surface area contributed by atoms with Gasteiger partial charge < -0.3 is 37.4 Å². The Morgan fingerprint density at radius 1 is 0.830 bits per heavy atom. The number of aliphatic carboxylic acids is 1. The fourth-order valence-electron chi connectivity index (χ4n) is 3.53. The molecule has 16 nitrogen and oxygen atoms in total. The normalized spacial score (nSPS) is 14.2. The molecule has 2 unspecified atom stereocenters. The molecule has 2 rings (SSSR count). The van der Waals surface area contributed by atoms with Crippen molar-refractivity contribution >= 4 is 51.1 Å². The molecule has 0 spiro atoms. The van der Waals surface area contributed by atoms with Gasteiger partial charge in [-0.2, -0.15) is 11.8 Å². The lowest BCUT2D eigenvalue weighted by Gasteiger charge is -2.23. The number of carbonyl (C=O) groups excluding carboxylic acids is 3. The molecule has 47 heavy (non-hydrogen) atoms. The lowest BCUT2D eigenvalue weighted by Crippen LogP contribution is -2.42. The van der Waals surface area contributed by atoms with E-state index in [-0.39, 0.29) is 19.8 Å². The monoisotopic (exact) mass is 724 g/mol. The summed E-state index contributed by atoms with van der Waals surface area (Å²) >= 11 is 1.47. The first kappa shape index (κ1) is 41.9. The second-order valence-electron chi connectivity index (χ2n) is 9.15. The summed E-state index contributed by atoms with van der Waals surface area (Å²) in [5, 5.41) is 13.2. The largest absolute Gasteiger partial charge is 0.479 e. The number of nitrogens with one attached hydrogen (secondary N) is 2. The van der Waals surface area contributed by atoms with E-state index in [1.165, 1.54) is 11.8 Å². The van der Waals surface area contributed by atoms with Crippen LogP contribution in [0.2, 0.25) is 0 Å². The molecule has 264 valence electrons. The van der Waals surface area contributed by atoms with Gasteiger partial charge in [-0.25, -0.2) is 19.2 Å². The molecule has 1 aliphatic carbocycles. The van der Waals surface area contributed by atoms with E-state index in [1.54, 1.807) is 24.3 Å². The number of allylic oxidation sites excluding steroid dienone is 2. The number of hydrogen-bond donors (Lipinski definition) is 3. The number of carboxylic acid groups (broad SMARTS) is 1. The second-order valence-corrected chi connectivity index (χ2v) is 14.8. The molecule has 2 atom stereocenters. The fourth-order valence-corrected chi connectivity index (χ4v) is 6.05. The minimum atomic E-state index is -4.00. The minimum absolute atomic E-state index is 0.00105.